The fraction of sp³-hybridized carbons (Fsp3) is 1.00. The Morgan fingerprint density at radius 2 is 1.40 bits per heavy atom. The third-order valence-electron chi connectivity index (χ3n) is 5.77. The zero-order chi connectivity index (χ0) is 14.6. The van der Waals surface area contributed by atoms with E-state index in [0.717, 1.165) is 31.8 Å². The van der Waals surface area contributed by atoms with Gasteiger partial charge in [0.15, 0.2) is 0 Å². The highest BCUT2D eigenvalue weighted by Gasteiger charge is 2.42. The normalized spacial score (nSPS) is 36.0. The number of hydrogen-bond donors (Lipinski definition) is 0. The van der Waals surface area contributed by atoms with Crippen LogP contribution in [0.1, 0.15) is 71.1 Å². The van der Waals surface area contributed by atoms with Crippen molar-refractivity contribution in [3.8, 4) is 0 Å². The molecule has 2 fully saturated rings. The Balaban J connectivity index is 1.75. The average molecular weight is 288 g/mol. The number of methoxy groups -OCH3 is 1. The quantitative estimate of drug-likeness (QED) is 0.636. The van der Waals surface area contributed by atoms with E-state index >= 15 is 0 Å². The lowest BCUT2D eigenvalue weighted by Gasteiger charge is -2.39. The molecule has 2 aliphatic rings. The third-order valence-corrected chi connectivity index (χ3v) is 5.77. The van der Waals surface area contributed by atoms with Gasteiger partial charge in [-0.25, -0.2) is 0 Å². The molecule has 2 saturated carbocycles. The second-order valence-corrected chi connectivity index (χ2v) is 6.95. The predicted octanol–water partition coefficient (Wildman–Crippen LogP) is 5.64. The Kier molecular flexibility index (Phi) is 5.83. The van der Waals surface area contributed by atoms with Gasteiger partial charge in [-0.05, 0) is 56.3 Å². The number of alkyl halides is 2. The van der Waals surface area contributed by atoms with Gasteiger partial charge >= 0.3 is 6.11 Å². The maximum Gasteiger partial charge on any atom is 0.358 e. The molecule has 1 nitrogen and oxygen atoms in total. The Bertz CT molecular complexity index is 277. The van der Waals surface area contributed by atoms with Crippen LogP contribution in [0.5, 0.6) is 0 Å². The molecule has 2 aliphatic carbocycles. The molecule has 0 amide bonds. The molecule has 0 aliphatic heterocycles. The smallest absolute Gasteiger partial charge is 0.324 e. The van der Waals surface area contributed by atoms with Crippen molar-refractivity contribution < 1.29 is 13.5 Å². The fourth-order valence-corrected chi connectivity index (χ4v) is 4.45. The lowest BCUT2D eigenvalue weighted by molar-refractivity contribution is -0.263. The molecule has 0 aromatic rings. The summed E-state index contributed by atoms with van der Waals surface area (Å²) in [6, 6.07) is 0. The number of hydrogen-bond acceptors (Lipinski definition) is 1. The van der Waals surface area contributed by atoms with Crippen LogP contribution in [-0.2, 0) is 4.74 Å². The van der Waals surface area contributed by atoms with Crippen LogP contribution in [0.15, 0.2) is 0 Å². The van der Waals surface area contributed by atoms with Gasteiger partial charge in [-0.2, -0.15) is 8.78 Å². The molecular formula is C17H30F2O. The second-order valence-electron chi connectivity index (χ2n) is 6.95. The molecule has 0 N–H and O–H groups in total. The number of ether oxygens (including phenoxy) is 1. The van der Waals surface area contributed by atoms with Crippen LogP contribution in [0, 0.1) is 23.7 Å². The first kappa shape index (κ1) is 16.2. The van der Waals surface area contributed by atoms with Crippen LogP contribution in [-0.4, -0.2) is 13.2 Å². The zero-order valence-electron chi connectivity index (χ0n) is 13.0. The SMILES string of the molecule is CCCC1CCC(C2CCC(C(F)(F)OC)CC2)CC1. The molecule has 0 spiro atoms. The standard InChI is InChI=1S/C17H30F2O/c1-3-4-13-5-7-14(8-6-13)15-9-11-16(12-10-15)17(18,19)20-2/h13-16H,3-12H2,1-2H3. The Morgan fingerprint density at radius 3 is 1.85 bits per heavy atom. The molecule has 0 heterocycles. The first-order valence-electron chi connectivity index (χ1n) is 8.49. The van der Waals surface area contributed by atoms with Crippen molar-refractivity contribution in [3.63, 3.8) is 0 Å². The van der Waals surface area contributed by atoms with E-state index in [9.17, 15) is 8.78 Å². The Hall–Kier alpha value is -0.180. The van der Waals surface area contributed by atoms with Crippen molar-refractivity contribution in [1.82, 2.24) is 0 Å². The van der Waals surface area contributed by atoms with Crippen molar-refractivity contribution in [2.75, 3.05) is 7.11 Å². The van der Waals surface area contributed by atoms with Crippen LogP contribution in [0.3, 0.4) is 0 Å². The summed E-state index contributed by atoms with van der Waals surface area (Å²) in [5, 5.41) is 0. The van der Waals surface area contributed by atoms with Crippen LogP contribution in [0.4, 0.5) is 8.78 Å². The molecule has 0 unspecified atom stereocenters. The highest BCUT2D eigenvalue weighted by molar-refractivity contribution is 4.84. The first-order valence-corrected chi connectivity index (χ1v) is 8.49. The van der Waals surface area contributed by atoms with E-state index in [4.69, 9.17) is 0 Å². The second kappa shape index (κ2) is 7.20. The van der Waals surface area contributed by atoms with Crippen LogP contribution in [0.2, 0.25) is 0 Å². The molecule has 0 aromatic heterocycles. The van der Waals surface area contributed by atoms with Gasteiger partial charge in [0.2, 0.25) is 0 Å². The van der Waals surface area contributed by atoms with Crippen molar-refractivity contribution in [2.45, 2.75) is 77.2 Å². The number of halogens is 2. The topological polar surface area (TPSA) is 9.23 Å². The van der Waals surface area contributed by atoms with Crippen LogP contribution < -0.4 is 0 Å². The van der Waals surface area contributed by atoms with Gasteiger partial charge in [-0.15, -0.1) is 0 Å². The average Bonchev–Trinajstić information content (AvgIpc) is 2.48. The van der Waals surface area contributed by atoms with Crippen LogP contribution in [0.25, 0.3) is 0 Å². The maximum absolute atomic E-state index is 13.5. The molecule has 0 bridgehead atoms. The maximum atomic E-state index is 13.5. The molecular weight excluding hydrogens is 258 g/mol. The van der Waals surface area contributed by atoms with E-state index in [-0.39, 0.29) is 0 Å². The van der Waals surface area contributed by atoms with E-state index in [1.54, 1.807) is 0 Å². The van der Waals surface area contributed by atoms with Crippen molar-refractivity contribution in [2.24, 2.45) is 23.7 Å². The third kappa shape index (κ3) is 3.93. The summed E-state index contributed by atoms with van der Waals surface area (Å²) in [5.41, 5.74) is 0. The molecule has 2 rings (SSSR count). The summed E-state index contributed by atoms with van der Waals surface area (Å²) in [6.07, 6.45) is 8.40. The first-order chi connectivity index (χ1) is 9.56. The summed E-state index contributed by atoms with van der Waals surface area (Å²) in [6.45, 7) is 2.27. The lowest BCUT2D eigenvalue weighted by atomic mass is 9.68. The van der Waals surface area contributed by atoms with Gasteiger partial charge in [-0.1, -0.05) is 32.6 Å². The van der Waals surface area contributed by atoms with E-state index in [1.165, 1.54) is 38.5 Å². The minimum atomic E-state index is -2.91. The van der Waals surface area contributed by atoms with Crippen molar-refractivity contribution in [1.29, 1.82) is 0 Å². The fourth-order valence-electron chi connectivity index (χ4n) is 4.45. The van der Waals surface area contributed by atoms with E-state index in [2.05, 4.69) is 11.7 Å². The summed E-state index contributed by atoms with van der Waals surface area (Å²) >= 11 is 0. The Morgan fingerprint density at radius 1 is 0.900 bits per heavy atom. The summed E-state index contributed by atoms with van der Waals surface area (Å²) in [5.74, 6) is 1.88. The molecule has 0 saturated heterocycles. The minimum Gasteiger partial charge on any atom is -0.324 e. The summed E-state index contributed by atoms with van der Waals surface area (Å²) < 4.78 is 31.4. The van der Waals surface area contributed by atoms with Gasteiger partial charge in [0.05, 0.1) is 5.92 Å². The van der Waals surface area contributed by atoms with Gasteiger partial charge in [0, 0.05) is 7.11 Å². The molecule has 0 aromatic carbocycles. The number of rotatable bonds is 5. The van der Waals surface area contributed by atoms with Gasteiger partial charge in [0.25, 0.3) is 0 Å². The largest absolute Gasteiger partial charge is 0.358 e. The van der Waals surface area contributed by atoms with Gasteiger partial charge in [-0.3, -0.25) is 0 Å². The Labute approximate surface area is 122 Å². The van der Waals surface area contributed by atoms with Gasteiger partial charge in [0.1, 0.15) is 0 Å². The predicted molar refractivity (Wildman–Crippen MR) is 77.8 cm³/mol. The monoisotopic (exact) mass is 288 g/mol. The molecule has 118 valence electrons. The zero-order valence-corrected chi connectivity index (χ0v) is 13.0. The van der Waals surface area contributed by atoms with E-state index < -0.39 is 12.0 Å². The van der Waals surface area contributed by atoms with Crippen molar-refractivity contribution in [3.05, 3.63) is 0 Å². The van der Waals surface area contributed by atoms with Crippen molar-refractivity contribution >= 4 is 0 Å². The van der Waals surface area contributed by atoms with Crippen LogP contribution >= 0.6 is 0 Å². The highest BCUT2D eigenvalue weighted by Crippen LogP contribution is 2.45. The molecule has 0 radical (unpaired) electrons. The van der Waals surface area contributed by atoms with E-state index in [0.29, 0.717) is 18.8 Å². The summed E-state index contributed by atoms with van der Waals surface area (Å²) in [7, 11) is 1.13. The highest BCUT2D eigenvalue weighted by atomic mass is 19.3. The molecule has 3 heteroatoms. The van der Waals surface area contributed by atoms with E-state index in [1.807, 2.05) is 0 Å². The summed E-state index contributed by atoms with van der Waals surface area (Å²) in [4.78, 5) is 0. The molecule has 20 heavy (non-hydrogen) atoms. The lowest BCUT2D eigenvalue weighted by Crippen LogP contribution is -2.35. The molecule has 0 atom stereocenters. The minimum absolute atomic E-state index is 0.555. The van der Waals surface area contributed by atoms with Gasteiger partial charge < -0.3 is 4.74 Å².